The predicted molar refractivity (Wildman–Crippen MR) is 99.2 cm³/mol. The van der Waals surface area contributed by atoms with Crippen LogP contribution in [-0.4, -0.2) is 36.3 Å². The molecule has 0 saturated carbocycles. The molecule has 3 nitrogen and oxygen atoms in total. The van der Waals surface area contributed by atoms with Crippen LogP contribution in [0.4, 0.5) is 4.39 Å². The van der Waals surface area contributed by atoms with Gasteiger partial charge in [-0.05, 0) is 31.0 Å². The van der Waals surface area contributed by atoms with E-state index >= 15 is 0 Å². The van der Waals surface area contributed by atoms with E-state index in [4.69, 9.17) is 9.47 Å². The molecule has 2 fully saturated rings. The van der Waals surface area contributed by atoms with Crippen molar-refractivity contribution in [3.8, 4) is 0 Å². The molecule has 0 unspecified atom stereocenters. The SMILES string of the molecule is Fc1ccccc1CN1CCC[C@]2(C[C@H](OCc3ccccc3)CO2)C1. The maximum Gasteiger partial charge on any atom is 0.127 e. The Kier molecular flexibility index (Phi) is 5.34. The van der Waals surface area contributed by atoms with Crippen molar-refractivity contribution in [3.05, 3.63) is 71.5 Å². The normalized spacial score (nSPS) is 26.4. The summed E-state index contributed by atoms with van der Waals surface area (Å²) < 4.78 is 26.3. The maximum atomic E-state index is 14.0. The molecule has 0 aliphatic carbocycles. The van der Waals surface area contributed by atoms with Crippen molar-refractivity contribution in [3.63, 3.8) is 0 Å². The molecule has 1 spiro atoms. The van der Waals surface area contributed by atoms with Crippen molar-refractivity contribution in [1.82, 2.24) is 4.90 Å². The number of rotatable bonds is 5. The summed E-state index contributed by atoms with van der Waals surface area (Å²) in [7, 11) is 0. The second-order valence-corrected chi connectivity index (χ2v) is 7.52. The number of likely N-dealkylation sites (tertiary alicyclic amines) is 1. The average molecular weight is 355 g/mol. The van der Waals surface area contributed by atoms with Crippen LogP contribution in [-0.2, 0) is 22.6 Å². The fraction of sp³-hybridized carbons (Fsp3) is 0.455. The summed E-state index contributed by atoms with van der Waals surface area (Å²) >= 11 is 0. The smallest absolute Gasteiger partial charge is 0.127 e. The van der Waals surface area contributed by atoms with E-state index in [1.807, 2.05) is 30.3 Å². The van der Waals surface area contributed by atoms with Crippen LogP contribution in [0, 0.1) is 5.82 Å². The first kappa shape index (κ1) is 17.7. The Labute approximate surface area is 154 Å². The van der Waals surface area contributed by atoms with Gasteiger partial charge in [-0.15, -0.1) is 0 Å². The largest absolute Gasteiger partial charge is 0.371 e. The molecular weight excluding hydrogens is 329 g/mol. The van der Waals surface area contributed by atoms with E-state index in [0.717, 1.165) is 37.9 Å². The first-order chi connectivity index (χ1) is 12.7. The Balaban J connectivity index is 1.33. The quantitative estimate of drug-likeness (QED) is 0.804. The predicted octanol–water partition coefficient (Wildman–Crippen LogP) is 4.17. The topological polar surface area (TPSA) is 21.7 Å². The van der Waals surface area contributed by atoms with Gasteiger partial charge < -0.3 is 9.47 Å². The summed E-state index contributed by atoms with van der Waals surface area (Å²) in [5.41, 5.74) is 1.82. The van der Waals surface area contributed by atoms with Crippen LogP contribution in [0.3, 0.4) is 0 Å². The Bertz CT molecular complexity index is 723. The van der Waals surface area contributed by atoms with Crippen LogP contribution >= 0.6 is 0 Å². The molecule has 138 valence electrons. The minimum atomic E-state index is -0.134. The monoisotopic (exact) mass is 355 g/mol. The van der Waals surface area contributed by atoms with Crippen molar-refractivity contribution >= 4 is 0 Å². The van der Waals surface area contributed by atoms with Gasteiger partial charge in [0.05, 0.1) is 24.9 Å². The molecule has 0 aromatic heterocycles. The Hall–Kier alpha value is -1.75. The number of halogens is 1. The van der Waals surface area contributed by atoms with Crippen LogP contribution in [0.1, 0.15) is 30.4 Å². The number of piperidine rings is 1. The van der Waals surface area contributed by atoms with E-state index in [2.05, 4.69) is 17.0 Å². The number of nitrogens with zero attached hydrogens (tertiary/aromatic N) is 1. The number of ether oxygens (including phenoxy) is 2. The summed E-state index contributed by atoms with van der Waals surface area (Å²) in [6.07, 6.45) is 3.21. The molecule has 0 bridgehead atoms. The van der Waals surface area contributed by atoms with Gasteiger partial charge in [0.15, 0.2) is 0 Å². The summed E-state index contributed by atoms with van der Waals surface area (Å²) in [5, 5.41) is 0. The second kappa shape index (κ2) is 7.87. The lowest BCUT2D eigenvalue weighted by molar-refractivity contribution is -0.0550. The number of hydrogen-bond acceptors (Lipinski definition) is 3. The highest BCUT2D eigenvalue weighted by atomic mass is 19.1. The lowest BCUT2D eigenvalue weighted by Gasteiger charge is -2.39. The summed E-state index contributed by atoms with van der Waals surface area (Å²) in [5.74, 6) is -0.122. The van der Waals surface area contributed by atoms with Crippen LogP contribution in [0.15, 0.2) is 54.6 Å². The molecule has 2 aromatic rings. The van der Waals surface area contributed by atoms with Gasteiger partial charge in [0.25, 0.3) is 0 Å². The molecule has 26 heavy (non-hydrogen) atoms. The zero-order valence-electron chi connectivity index (χ0n) is 15.1. The van der Waals surface area contributed by atoms with Gasteiger partial charge in [-0.25, -0.2) is 4.39 Å². The van der Waals surface area contributed by atoms with Gasteiger partial charge in [-0.1, -0.05) is 48.5 Å². The fourth-order valence-corrected chi connectivity index (χ4v) is 4.18. The Morgan fingerprint density at radius 2 is 1.92 bits per heavy atom. The van der Waals surface area contributed by atoms with Crippen LogP contribution in [0.2, 0.25) is 0 Å². The zero-order valence-corrected chi connectivity index (χ0v) is 15.1. The molecule has 2 aliphatic heterocycles. The third-order valence-corrected chi connectivity index (χ3v) is 5.47. The van der Waals surface area contributed by atoms with Crippen molar-refractivity contribution < 1.29 is 13.9 Å². The Morgan fingerprint density at radius 1 is 1.12 bits per heavy atom. The van der Waals surface area contributed by atoms with Crippen molar-refractivity contribution in [2.75, 3.05) is 19.7 Å². The van der Waals surface area contributed by atoms with E-state index in [0.29, 0.717) is 19.8 Å². The highest BCUT2D eigenvalue weighted by Gasteiger charge is 2.43. The van der Waals surface area contributed by atoms with Gasteiger partial charge in [-0.2, -0.15) is 0 Å². The van der Waals surface area contributed by atoms with Crippen LogP contribution in [0.5, 0.6) is 0 Å². The summed E-state index contributed by atoms with van der Waals surface area (Å²) in [4.78, 5) is 2.32. The molecule has 2 aromatic carbocycles. The highest BCUT2D eigenvalue weighted by Crippen LogP contribution is 2.36. The first-order valence-electron chi connectivity index (χ1n) is 9.48. The van der Waals surface area contributed by atoms with Crippen molar-refractivity contribution in [1.29, 1.82) is 0 Å². The summed E-state index contributed by atoms with van der Waals surface area (Å²) in [6.45, 7) is 3.78. The number of benzene rings is 2. The number of hydrogen-bond donors (Lipinski definition) is 0. The van der Waals surface area contributed by atoms with Gasteiger partial charge in [0, 0.05) is 25.1 Å². The lowest BCUT2D eigenvalue weighted by Crippen LogP contribution is -2.47. The third kappa shape index (κ3) is 4.14. The standard InChI is InChI=1S/C22H26FNO2/c23-21-10-5-4-9-19(21)14-24-12-6-11-22(17-24)13-20(16-26-22)25-15-18-7-2-1-3-8-18/h1-5,7-10,20H,6,11-17H2/t20-,22-/m0/s1. The van der Waals surface area contributed by atoms with E-state index in [9.17, 15) is 4.39 Å². The highest BCUT2D eigenvalue weighted by molar-refractivity contribution is 5.17. The Morgan fingerprint density at radius 3 is 2.77 bits per heavy atom. The van der Waals surface area contributed by atoms with Gasteiger partial charge in [0.2, 0.25) is 0 Å². The molecule has 2 heterocycles. The van der Waals surface area contributed by atoms with Crippen LogP contribution < -0.4 is 0 Å². The average Bonchev–Trinajstić information content (AvgIpc) is 3.05. The zero-order chi connectivity index (χ0) is 17.8. The van der Waals surface area contributed by atoms with E-state index in [-0.39, 0.29) is 17.5 Å². The van der Waals surface area contributed by atoms with E-state index in [1.165, 1.54) is 11.6 Å². The molecule has 4 rings (SSSR count). The fourth-order valence-electron chi connectivity index (χ4n) is 4.18. The van der Waals surface area contributed by atoms with Crippen LogP contribution in [0.25, 0.3) is 0 Å². The minimum absolute atomic E-state index is 0.122. The molecule has 4 heteroatoms. The molecule has 2 atom stereocenters. The van der Waals surface area contributed by atoms with Crippen molar-refractivity contribution in [2.24, 2.45) is 0 Å². The third-order valence-electron chi connectivity index (χ3n) is 5.47. The second-order valence-electron chi connectivity index (χ2n) is 7.52. The molecule has 2 aliphatic rings. The first-order valence-corrected chi connectivity index (χ1v) is 9.48. The molecule has 0 radical (unpaired) electrons. The van der Waals surface area contributed by atoms with E-state index in [1.54, 1.807) is 6.07 Å². The summed E-state index contributed by atoms with van der Waals surface area (Å²) in [6, 6.07) is 17.3. The minimum Gasteiger partial charge on any atom is -0.371 e. The molecule has 2 saturated heterocycles. The molecular formula is C22H26FNO2. The van der Waals surface area contributed by atoms with Gasteiger partial charge in [0.1, 0.15) is 5.82 Å². The van der Waals surface area contributed by atoms with Gasteiger partial charge >= 0.3 is 0 Å². The van der Waals surface area contributed by atoms with Gasteiger partial charge in [-0.3, -0.25) is 4.90 Å². The van der Waals surface area contributed by atoms with E-state index < -0.39 is 0 Å². The van der Waals surface area contributed by atoms with Crippen molar-refractivity contribution in [2.45, 2.75) is 44.1 Å². The molecule has 0 amide bonds. The lowest BCUT2D eigenvalue weighted by atomic mass is 9.89. The molecule has 0 N–H and O–H groups in total. The maximum absolute atomic E-state index is 14.0.